The second-order valence-electron chi connectivity index (χ2n) is 3.84. The van der Waals surface area contributed by atoms with Crippen LogP contribution in [0.3, 0.4) is 0 Å². The molecule has 0 spiro atoms. The summed E-state index contributed by atoms with van der Waals surface area (Å²) in [6, 6.07) is 0.182. The minimum absolute atomic E-state index is 0.131. The van der Waals surface area contributed by atoms with Crippen molar-refractivity contribution in [1.82, 2.24) is 10.2 Å². The molecule has 0 unspecified atom stereocenters. The topological polar surface area (TPSA) is 41.6 Å². The first-order valence-corrected chi connectivity index (χ1v) is 6.22. The highest BCUT2D eigenvalue weighted by Crippen LogP contribution is 2.24. The monoisotopic (exact) mass is 286 g/mol. The quantitative estimate of drug-likeness (QED) is 0.796. The van der Waals surface area contributed by atoms with E-state index in [2.05, 4.69) is 32.2 Å². The van der Waals surface area contributed by atoms with Gasteiger partial charge in [0.15, 0.2) is 0 Å². The highest BCUT2D eigenvalue weighted by Gasteiger charge is 2.32. The maximum Gasteiger partial charge on any atom is 0.307 e. The predicted molar refractivity (Wildman–Crippen MR) is 64.8 cm³/mol. The number of carbonyl (C=O) groups is 1. The van der Waals surface area contributed by atoms with Gasteiger partial charge >= 0.3 is 5.97 Å². The van der Waals surface area contributed by atoms with E-state index in [0.717, 1.165) is 11.0 Å². The van der Waals surface area contributed by atoms with Gasteiger partial charge in [-0.2, -0.15) is 0 Å². The van der Waals surface area contributed by atoms with Gasteiger partial charge in [-0.15, -0.1) is 0 Å². The third kappa shape index (κ3) is 2.47. The van der Waals surface area contributed by atoms with Crippen LogP contribution in [-0.4, -0.2) is 36.2 Å². The molecule has 0 saturated carbocycles. The molecule has 0 aromatic rings. The van der Waals surface area contributed by atoms with Crippen molar-refractivity contribution in [2.75, 3.05) is 13.2 Å². The number of hydrogen-bond acceptors (Lipinski definition) is 4. The van der Waals surface area contributed by atoms with Gasteiger partial charge in [0, 0.05) is 17.2 Å². The lowest BCUT2D eigenvalue weighted by molar-refractivity contribution is -0.144. The first-order valence-electron chi connectivity index (χ1n) is 5.42. The Bertz CT molecular complexity index is 341. The number of nitrogens with one attached hydrogen (secondary N) is 1. The molecule has 0 bridgehead atoms. The van der Waals surface area contributed by atoms with Crippen molar-refractivity contribution < 1.29 is 9.53 Å². The van der Waals surface area contributed by atoms with Crippen LogP contribution in [0.4, 0.5) is 0 Å². The Kier molecular flexibility index (Phi) is 3.66. The number of nitrogens with zero attached hydrogens (tertiary/aromatic N) is 1. The van der Waals surface area contributed by atoms with Crippen LogP contribution in [0.1, 0.15) is 13.3 Å². The highest BCUT2D eigenvalue weighted by molar-refractivity contribution is 9.11. The highest BCUT2D eigenvalue weighted by atomic mass is 79.9. The molecule has 2 aliphatic heterocycles. The molecule has 5 heteroatoms. The van der Waals surface area contributed by atoms with Crippen molar-refractivity contribution in [3.05, 3.63) is 22.8 Å². The molecule has 1 fully saturated rings. The van der Waals surface area contributed by atoms with Crippen molar-refractivity contribution in [3.63, 3.8) is 0 Å². The SMILES string of the molecule is CCOC(=O)C[C@H]1CN[C@@H]2C=CC(Br)=CN12. The fourth-order valence-electron chi connectivity index (χ4n) is 2.01. The zero-order valence-corrected chi connectivity index (χ0v) is 10.7. The van der Waals surface area contributed by atoms with Gasteiger partial charge in [0.25, 0.3) is 0 Å². The van der Waals surface area contributed by atoms with Gasteiger partial charge in [0.1, 0.15) is 0 Å². The number of hydrogen-bond donors (Lipinski definition) is 1. The molecule has 0 radical (unpaired) electrons. The number of ether oxygens (including phenoxy) is 1. The van der Waals surface area contributed by atoms with E-state index in [4.69, 9.17) is 4.74 Å². The average Bonchev–Trinajstić information content (AvgIpc) is 2.61. The van der Waals surface area contributed by atoms with Crippen LogP contribution in [0.25, 0.3) is 0 Å². The summed E-state index contributed by atoms with van der Waals surface area (Å²) < 4.78 is 6.00. The van der Waals surface area contributed by atoms with E-state index in [-0.39, 0.29) is 18.2 Å². The zero-order chi connectivity index (χ0) is 11.5. The van der Waals surface area contributed by atoms with Gasteiger partial charge < -0.3 is 9.64 Å². The van der Waals surface area contributed by atoms with Crippen LogP contribution < -0.4 is 5.32 Å². The van der Waals surface area contributed by atoms with Crippen molar-refractivity contribution in [1.29, 1.82) is 0 Å². The van der Waals surface area contributed by atoms with Crippen molar-refractivity contribution in [3.8, 4) is 0 Å². The molecular formula is C11H15BrN2O2. The Morgan fingerprint density at radius 2 is 2.56 bits per heavy atom. The summed E-state index contributed by atoms with van der Waals surface area (Å²) >= 11 is 3.44. The predicted octanol–water partition coefficient (Wildman–Crippen LogP) is 1.35. The number of fused-ring (bicyclic) bond motifs is 1. The van der Waals surface area contributed by atoms with E-state index in [1.165, 1.54) is 0 Å². The molecule has 2 aliphatic rings. The van der Waals surface area contributed by atoms with Crippen LogP contribution in [0.15, 0.2) is 22.8 Å². The Hall–Kier alpha value is -0.810. The minimum atomic E-state index is -0.131. The number of allylic oxidation sites excluding steroid dienone is 2. The second-order valence-corrected chi connectivity index (χ2v) is 4.75. The Morgan fingerprint density at radius 3 is 3.31 bits per heavy atom. The molecular weight excluding hydrogens is 272 g/mol. The van der Waals surface area contributed by atoms with E-state index in [1.54, 1.807) is 0 Å². The van der Waals surface area contributed by atoms with Crippen LogP contribution in [0.2, 0.25) is 0 Å². The summed E-state index contributed by atoms with van der Waals surface area (Å²) in [5.41, 5.74) is 0. The lowest BCUT2D eigenvalue weighted by atomic mass is 10.2. The standard InChI is InChI=1S/C11H15BrN2O2/c1-2-16-11(15)5-9-6-13-10-4-3-8(12)7-14(9)10/h3-4,7,9-10,13H,2,5-6H2,1H3/t9-,10-/m0/s1. The summed E-state index contributed by atoms with van der Waals surface area (Å²) in [5, 5.41) is 3.34. The number of rotatable bonds is 3. The summed E-state index contributed by atoms with van der Waals surface area (Å²) in [6.45, 7) is 3.08. The van der Waals surface area contributed by atoms with E-state index < -0.39 is 0 Å². The summed E-state index contributed by atoms with van der Waals surface area (Å²) in [7, 11) is 0. The molecule has 0 aliphatic carbocycles. The maximum absolute atomic E-state index is 11.4. The molecule has 16 heavy (non-hydrogen) atoms. The molecule has 0 aromatic carbocycles. The summed E-state index contributed by atoms with van der Waals surface area (Å²) in [6.07, 6.45) is 6.76. The van der Waals surface area contributed by atoms with E-state index in [1.807, 2.05) is 19.2 Å². The van der Waals surface area contributed by atoms with Crippen molar-refractivity contribution >= 4 is 21.9 Å². The van der Waals surface area contributed by atoms with Crippen LogP contribution in [-0.2, 0) is 9.53 Å². The van der Waals surface area contributed by atoms with E-state index in [9.17, 15) is 4.79 Å². The normalized spacial score (nSPS) is 27.6. The Morgan fingerprint density at radius 1 is 1.75 bits per heavy atom. The molecule has 4 nitrogen and oxygen atoms in total. The Labute approximate surface area is 103 Å². The van der Waals surface area contributed by atoms with Crippen molar-refractivity contribution in [2.24, 2.45) is 0 Å². The molecule has 2 atom stereocenters. The molecule has 0 amide bonds. The first-order chi connectivity index (χ1) is 7.70. The summed E-state index contributed by atoms with van der Waals surface area (Å²) in [5.74, 6) is -0.131. The smallest absolute Gasteiger partial charge is 0.307 e. The number of carbonyl (C=O) groups excluding carboxylic acids is 1. The van der Waals surface area contributed by atoms with E-state index in [0.29, 0.717) is 13.0 Å². The third-order valence-electron chi connectivity index (χ3n) is 2.72. The lowest BCUT2D eigenvalue weighted by Crippen LogP contribution is -2.36. The van der Waals surface area contributed by atoms with Gasteiger partial charge in [-0.25, -0.2) is 0 Å². The first kappa shape index (κ1) is 11.7. The number of halogens is 1. The van der Waals surface area contributed by atoms with Gasteiger partial charge in [-0.3, -0.25) is 10.1 Å². The van der Waals surface area contributed by atoms with Gasteiger partial charge in [0.2, 0.25) is 0 Å². The molecule has 1 N–H and O–H groups in total. The maximum atomic E-state index is 11.4. The van der Waals surface area contributed by atoms with Gasteiger partial charge in [-0.05, 0) is 35.0 Å². The van der Waals surface area contributed by atoms with Crippen LogP contribution >= 0.6 is 15.9 Å². The second kappa shape index (κ2) is 5.01. The van der Waals surface area contributed by atoms with Crippen molar-refractivity contribution in [2.45, 2.75) is 25.6 Å². The van der Waals surface area contributed by atoms with Gasteiger partial charge in [-0.1, -0.05) is 0 Å². The van der Waals surface area contributed by atoms with Gasteiger partial charge in [0.05, 0.1) is 25.2 Å². The summed E-state index contributed by atoms with van der Waals surface area (Å²) in [4.78, 5) is 13.6. The molecule has 88 valence electrons. The van der Waals surface area contributed by atoms with Crippen LogP contribution in [0, 0.1) is 0 Å². The average molecular weight is 287 g/mol. The van der Waals surface area contributed by atoms with E-state index >= 15 is 0 Å². The Balaban J connectivity index is 1.97. The number of esters is 1. The molecule has 0 aromatic heterocycles. The minimum Gasteiger partial charge on any atom is -0.466 e. The third-order valence-corrected chi connectivity index (χ3v) is 3.19. The molecule has 2 rings (SSSR count). The molecule has 2 heterocycles. The lowest BCUT2D eigenvalue weighted by Gasteiger charge is -2.28. The largest absolute Gasteiger partial charge is 0.466 e. The fourth-order valence-corrected chi connectivity index (χ4v) is 2.40. The fraction of sp³-hybridized carbons (Fsp3) is 0.545. The van der Waals surface area contributed by atoms with Crippen LogP contribution in [0.5, 0.6) is 0 Å². The molecule has 1 saturated heterocycles. The zero-order valence-electron chi connectivity index (χ0n) is 9.15.